The van der Waals surface area contributed by atoms with Gasteiger partial charge in [-0.05, 0) is 59.2 Å². The zero-order chi connectivity index (χ0) is 26.0. The van der Waals surface area contributed by atoms with E-state index in [-0.39, 0.29) is 22.6 Å². The summed E-state index contributed by atoms with van der Waals surface area (Å²) >= 11 is 0. The lowest BCUT2D eigenvalue weighted by atomic mass is 9.86. The summed E-state index contributed by atoms with van der Waals surface area (Å²) in [6.45, 7) is 15.0. The lowest BCUT2D eigenvalue weighted by molar-refractivity contribution is 0.0933. The Bertz CT molecular complexity index is 1230. The number of H-pyrrole nitrogens is 1. The highest BCUT2D eigenvalue weighted by atomic mass is 16.5. The monoisotopic (exact) mass is 476 g/mol. The number of aromatic amines is 1. The summed E-state index contributed by atoms with van der Waals surface area (Å²) < 4.78 is 5.44. The van der Waals surface area contributed by atoms with Crippen LogP contribution in [-0.2, 0) is 5.41 Å². The van der Waals surface area contributed by atoms with Crippen molar-refractivity contribution in [2.45, 2.75) is 53.9 Å². The maximum absolute atomic E-state index is 13.2. The maximum Gasteiger partial charge on any atom is 0.269 e. The number of rotatable bonds is 6. The molecule has 0 aliphatic rings. The van der Waals surface area contributed by atoms with E-state index in [9.17, 15) is 9.59 Å². The van der Waals surface area contributed by atoms with Gasteiger partial charge in [0.25, 0.3) is 11.8 Å². The first kappa shape index (κ1) is 26.0. The lowest BCUT2D eigenvalue weighted by Crippen LogP contribution is -2.32. The SMILES string of the molecule is COc1ccc(C(C)(C)C)cc1C(=O)Nc1ccc(C)c(-c2cc(C(=O)NCC(C)(C)C)[nH]n2)c1. The summed E-state index contributed by atoms with van der Waals surface area (Å²) in [6.07, 6.45) is 0. The summed E-state index contributed by atoms with van der Waals surface area (Å²) in [6, 6.07) is 13.0. The van der Waals surface area contributed by atoms with Gasteiger partial charge in [-0.2, -0.15) is 5.10 Å². The maximum atomic E-state index is 13.2. The second kappa shape index (κ2) is 9.94. The minimum absolute atomic E-state index is 0.0171. The van der Waals surface area contributed by atoms with E-state index in [2.05, 4.69) is 62.4 Å². The molecule has 0 atom stereocenters. The van der Waals surface area contributed by atoms with Gasteiger partial charge in [0, 0.05) is 17.8 Å². The highest BCUT2D eigenvalue weighted by molar-refractivity contribution is 6.06. The molecular formula is C28H36N4O3. The molecule has 0 spiro atoms. The predicted octanol–water partition coefficient (Wildman–Crippen LogP) is 5.72. The Balaban J connectivity index is 1.84. The van der Waals surface area contributed by atoms with E-state index in [4.69, 9.17) is 4.74 Å². The van der Waals surface area contributed by atoms with Gasteiger partial charge in [0.15, 0.2) is 0 Å². The molecule has 0 saturated heterocycles. The molecule has 3 aromatic rings. The van der Waals surface area contributed by atoms with E-state index in [0.29, 0.717) is 34.9 Å². The van der Waals surface area contributed by atoms with Crippen LogP contribution in [0.25, 0.3) is 11.3 Å². The number of aryl methyl sites for hydroxylation is 1. The van der Waals surface area contributed by atoms with Crippen LogP contribution in [0.2, 0.25) is 0 Å². The normalized spacial score (nSPS) is 11.8. The number of ether oxygens (including phenoxy) is 1. The minimum Gasteiger partial charge on any atom is -0.496 e. The predicted molar refractivity (Wildman–Crippen MR) is 140 cm³/mol. The van der Waals surface area contributed by atoms with E-state index in [1.165, 1.54) is 0 Å². The fourth-order valence-electron chi connectivity index (χ4n) is 3.54. The van der Waals surface area contributed by atoms with Crippen LogP contribution < -0.4 is 15.4 Å². The third-order valence-electron chi connectivity index (χ3n) is 5.68. The van der Waals surface area contributed by atoms with Crippen molar-refractivity contribution in [2.75, 3.05) is 19.0 Å². The fourth-order valence-corrected chi connectivity index (χ4v) is 3.54. The Labute approximate surface area is 207 Å². The largest absolute Gasteiger partial charge is 0.496 e. The summed E-state index contributed by atoms with van der Waals surface area (Å²) in [5.74, 6) is 0.0553. The molecule has 0 aliphatic carbocycles. The third-order valence-corrected chi connectivity index (χ3v) is 5.68. The van der Waals surface area contributed by atoms with Crippen LogP contribution >= 0.6 is 0 Å². The number of nitrogens with zero attached hydrogens (tertiary/aromatic N) is 1. The quantitative estimate of drug-likeness (QED) is 0.424. The topological polar surface area (TPSA) is 96.1 Å². The first-order chi connectivity index (χ1) is 16.3. The Kier molecular flexibility index (Phi) is 7.38. The van der Waals surface area contributed by atoms with Crippen LogP contribution in [0.15, 0.2) is 42.5 Å². The van der Waals surface area contributed by atoms with Crippen molar-refractivity contribution < 1.29 is 14.3 Å². The molecule has 1 heterocycles. The average Bonchev–Trinajstić information content (AvgIpc) is 3.27. The van der Waals surface area contributed by atoms with E-state index >= 15 is 0 Å². The Morgan fingerprint density at radius 3 is 2.31 bits per heavy atom. The number of benzene rings is 2. The standard InChI is InChI=1S/C28H36N4O3/c1-17-9-11-19(30-25(33)21-13-18(28(5,6)7)10-12-24(21)35-8)14-20(17)22-15-23(32-31-22)26(34)29-16-27(2,3)4/h9-15H,16H2,1-8H3,(H,29,34)(H,30,33)(H,31,32). The summed E-state index contributed by atoms with van der Waals surface area (Å²) in [7, 11) is 1.56. The molecule has 0 radical (unpaired) electrons. The number of nitrogens with one attached hydrogen (secondary N) is 3. The smallest absolute Gasteiger partial charge is 0.269 e. The van der Waals surface area contributed by atoms with Crippen molar-refractivity contribution in [3.05, 3.63) is 64.8 Å². The molecule has 35 heavy (non-hydrogen) atoms. The first-order valence-corrected chi connectivity index (χ1v) is 11.7. The molecule has 2 aromatic carbocycles. The van der Waals surface area contributed by atoms with Gasteiger partial charge in [-0.15, -0.1) is 0 Å². The zero-order valence-corrected chi connectivity index (χ0v) is 21.9. The van der Waals surface area contributed by atoms with Crippen LogP contribution in [0, 0.1) is 12.3 Å². The third kappa shape index (κ3) is 6.50. The molecule has 0 aliphatic heterocycles. The second-order valence-corrected chi connectivity index (χ2v) is 11.1. The number of anilines is 1. The van der Waals surface area contributed by atoms with Crippen molar-refractivity contribution in [1.82, 2.24) is 15.5 Å². The molecule has 3 N–H and O–H groups in total. The van der Waals surface area contributed by atoms with Crippen molar-refractivity contribution in [3.8, 4) is 17.0 Å². The van der Waals surface area contributed by atoms with E-state index in [0.717, 1.165) is 16.7 Å². The van der Waals surface area contributed by atoms with Gasteiger partial charge >= 0.3 is 0 Å². The number of methoxy groups -OCH3 is 1. The molecule has 7 nitrogen and oxygen atoms in total. The Hall–Kier alpha value is -3.61. The van der Waals surface area contributed by atoms with Gasteiger partial charge in [-0.25, -0.2) is 0 Å². The first-order valence-electron chi connectivity index (χ1n) is 11.7. The lowest BCUT2D eigenvalue weighted by Gasteiger charge is -2.21. The Morgan fingerprint density at radius 1 is 0.971 bits per heavy atom. The average molecular weight is 477 g/mol. The van der Waals surface area contributed by atoms with Crippen LogP contribution in [0.4, 0.5) is 5.69 Å². The summed E-state index contributed by atoms with van der Waals surface area (Å²) in [5, 5.41) is 13.1. The van der Waals surface area contributed by atoms with Gasteiger partial charge in [0.05, 0.1) is 18.4 Å². The molecule has 186 valence electrons. The fraction of sp³-hybridized carbons (Fsp3) is 0.393. The van der Waals surface area contributed by atoms with Gasteiger partial charge in [0.2, 0.25) is 0 Å². The second-order valence-electron chi connectivity index (χ2n) is 11.1. The van der Waals surface area contributed by atoms with Crippen LogP contribution in [0.1, 0.15) is 73.5 Å². The van der Waals surface area contributed by atoms with Crippen LogP contribution in [-0.4, -0.2) is 35.7 Å². The highest BCUT2D eigenvalue weighted by Crippen LogP contribution is 2.30. The molecule has 3 rings (SSSR count). The summed E-state index contributed by atoms with van der Waals surface area (Å²) in [4.78, 5) is 25.7. The highest BCUT2D eigenvalue weighted by Gasteiger charge is 2.20. The van der Waals surface area contributed by atoms with E-state index in [1.54, 1.807) is 13.2 Å². The summed E-state index contributed by atoms with van der Waals surface area (Å²) in [5.41, 5.74) is 4.84. The molecular weight excluding hydrogens is 440 g/mol. The molecule has 2 amide bonds. The molecule has 0 saturated carbocycles. The van der Waals surface area contributed by atoms with Crippen molar-refractivity contribution in [1.29, 1.82) is 0 Å². The van der Waals surface area contributed by atoms with Crippen molar-refractivity contribution in [2.24, 2.45) is 5.41 Å². The van der Waals surface area contributed by atoms with Gasteiger partial charge in [-0.1, -0.05) is 53.7 Å². The number of hydrogen-bond acceptors (Lipinski definition) is 4. The van der Waals surface area contributed by atoms with Crippen molar-refractivity contribution >= 4 is 17.5 Å². The Morgan fingerprint density at radius 2 is 1.69 bits per heavy atom. The minimum atomic E-state index is -0.257. The van der Waals surface area contributed by atoms with Gasteiger partial charge < -0.3 is 15.4 Å². The molecule has 1 aromatic heterocycles. The van der Waals surface area contributed by atoms with Gasteiger partial charge in [0.1, 0.15) is 11.4 Å². The molecule has 7 heteroatoms. The van der Waals surface area contributed by atoms with E-state index < -0.39 is 0 Å². The molecule has 0 bridgehead atoms. The van der Waals surface area contributed by atoms with Gasteiger partial charge in [-0.3, -0.25) is 14.7 Å². The zero-order valence-electron chi connectivity index (χ0n) is 21.9. The van der Waals surface area contributed by atoms with Crippen LogP contribution in [0.5, 0.6) is 5.75 Å². The number of amides is 2. The molecule has 0 fully saturated rings. The van der Waals surface area contributed by atoms with Crippen LogP contribution in [0.3, 0.4) is 0 Å². The molecule has 0 unspecified atom stereocenters. The number of carbonyl (C=O) groups is 2. The van der Waals surface area contributed by atoms with Crippen molar-refractivity contribution in [3.63, 3.8) is 0 Å². The number of hydrogen-bond donors (Lipinski definition) is 3. The number of aromatic nitrogens is 2. The number of carbonyl (C=O) groups excluding carboxylic acids is 2. The van der Waals surface area contributed by atoms with E-state index in [1.807, 2.05) is 43.3 Å².